The lowest BCUT2D eigenvalue weighted by molar-refractivity contribution is -0.159. The van der Waals surface area contributed by atoms with Gasteiger partial charge in [-0.05, 0) is 39.1 Å². The third kappa shape index (κ3) is 4.36. The second kappa shape index (κ2) is 9.03. The van der Waals surface area contributed by atoms with Gasteiger partial charge in [-0.3, -0.25) is 19.3 Å². The molecule has 5 unspecified atom stereocenters. The molecule has 10 N–H and O–H groups in total. The van der Waals surface area contributed by atoms with Crippen LogP contribution in [0.3, 0.4) is 0 Å². The molecule has 202 valence electrons. The van der Waals surface area contributed by atoms with Crippen LogP contribution in [0.4, 0.5) is 0 Å². The van der Waals surface area contributed by atoms with Crippen LogP contribution in [0.25, 0.3) is 5.76 Å². The Kier molecular flexibility index (Phi) is 6.95. The van der Waals surface area contributed by atoms with E-state index in [1.54, 1.807) is 0 Å². The third-order valence-corrected chi connectivity index (χ3v) is 7.02. The number of aromatic hydroxyl groups is 1. The number of fused-ring (bicyclic) bond motifs is 3. The van der Waals surface area contributed by atoms with Gasteiger partial charge in [0.15, 0.2) is 11.4 Å². The number of hydrogen-bond acceptors (Lipinski definition) is 10. The lowest BCUT2D eigenvalue weighted by Crippen LogP contribution is -2.67. The maximum atomic E-state index is 13.7. The number of phenols is 1. The molecular weight excluding hydrogens is 515 g/mol. The van der Waals surface area contributed by atoms with Crippen LogP contribution in [0.5, 0.6) is 5.75 Å². The standard InChI is InChI=1S/C22H24N2O8.H3O4P/c1-21(31)8-5-4-6-11(25)12(8)16(26)13-9(21)7-10-15(24(2)3)17(27)14(20(23)30)19(29)22(10,32)18(13)28;1-5(2,3)4/h4-6,9-10,15,25-26,29,31-32H,7H2,1-3H3,(H2,23,30);(H3,1,2,3,4). The minimum atomic E-state index is -4.64. The molecule has 3 aliphatic rings. The zero-order valence-electron chi connectivity index (χ0n) is 19.9. The summed E-state index contributed by atoms with van der Waals surface area (Å²) in [5, 5.41) is 54.9. The fourth-order valence-corrected chi connectivity index (χ4v) is 5.50. The number of benzene rings is 1. The number of rotatable bonds is 2. The number of ketones is 2. The molecule has 1 aromatic rings. The predicted octanol–water partition coefficient (Wildman–Crippen LogP) is -1.30. The third-order valence-electron chi connectivity index (χ3n) is 7.02. The van der Waals surface area contributed by atoms with Crippen LogP contribution in [0.1, 0.15) is 24.5 Å². The van der Waals surface area contributed by atoms with Gasteiger partial charge in [0.25, 0.3) is 5.91 Å². The Morgan fingerprint density at radius 1 is 1.11 bits per heavy atom. The monoisotopic (exact) mass is 542 g/mol. The fraction of sp³-hybridized carbons (Fsp3) is 0.409. The Labute approximate surface area is 209 Å². The van der Waals surface area contributed by atoms with Gasteiger partial charge in [0, 0.05) is 17.4 Å². The smallest absolute Gasteiger partial charge is 0.466 e. The number of likely N-dealkylation sites (N-methyl/N-ethyl adjacent to an activating group) is 1. The quantitative estimate of drug-likeness (QED) is 0.156. The van der Waals surface area contributed by atoms with E-state index in [1.165, 1.54) is 44.1 Å². The summed E-state index contributed by atoms with van der Waals surface area (Å²) in [6.07, 6.45) is -0.200. The van der Waals surface area contributed by atoms with E-state index in [-0.39, 0.29) is 17.5 Å². The van der Waals surface area contributed by atoms with Crippen LogP contribution in [0.2, 0.25) is 0 Å². The highest BCUT2D eigenvalue weighted by Gasteiger charge is 2.66. The number of hydrogen-bond donors (Lipinski definition) is 9. The number of nitrogens with zero attached hydrogens (tertiary/aromatic N) is 1. The van der Waals surface area contributed by atoms with Gasteiger partial charge in [-0.15, -0.1) is 0 Å². The lowest BCUT2D eigenvalue weighted by atomic mass is 9.54. The van der Waals surface area contributed by atoms with E-state index in [0.717, 1.165) is 0 Å². The first-order valence-electron chi connectivity index (χ1n) is 10.8. The Hall–Kier alpha value is -3.10. The summed E-state index contributed by atoms with van der Waals surface area (Å²) >= 11 is 0. The molecule has 14 nitrogen and oxygen atoms in total. The second-order valence-corrected chi connectivity index (χ2v) is 10.5. The summed E-state index contributed by atoms with van der Waals surface area (Å²) in [5.41, 5.74) is -0.548. The SMILES string of the molecule is CN(C)C1C(=O)C(C(N)=O)=C(O)C2(O)C(=O)C3=C(O)c4c(O)cccc4C(C)(O)C3CC12.O=P(O)(O)O. The van der Waals surface area contributed by atoms with Crippen molar-refractivity contribution < 1.29 is 59.2 Å². The molecule has 1 aromatic carbocycles. The first-order valence-corrected chi connectivity index (χ1v) is 12.3. The van der Waals surface area contributed by atoms with Crippen LogP contribution in [0, 0.1) is 11.8 Å². The highest BCUT2D eigenvalue weighted by molar-refractivity contribution is 7.45. The van der Waals surface area contributed by atoms with Crippen LogP contribution >= 0.6 is 7.82 Å². The number of carbonyl (C=O) groups excluding carboxylic acids is 3. The summed E-state index contributed by atoms with van der Waals surface area (Å²) in [6, 6.07) is 3.02. The average Bonchev–Trinajstić information content (AvgIpc) is 2.73. The number of phenolic OH excluding ortho intramolecular Hbond substituents is 1. The van der Waals surface area contributed by atoms with Crippen molar-refractivity contribution in [3.8, 4) is 5.75 Å². The largest absolute Gasteiger partial charge is 0.508 e. The highest BCUT2D eigenvalue weighted by Crippen LogP contribution is 2.57. The summed E-state index contributed by atoms with van der Waals surface area (Å²) in [6.45, 7) is 1.40. The second-order valence-electron chi connectivity index (χ2n) is 9.47. The van der Waals surface area contributed by atoms with Crippen molar-refractivity contribution in [1.82, 2.24) is 4.90 Å². The maximum absolute atomic E-state index is 13.7. The summed E-state index contributed by atoms with van der Waals surface area (Å²) in [7, 11) is -1.63. The molecule has 5 atom stereocenters. The van der Waals surface area contributed by atoms with Gasteiger partial charge in [-0.2, -0.15) is 0 Å². The lowest BCUT2D eigenvalue weighted by Gasteiger charge is -2.53. The van der Waals surface area contributed by atoms with Crippen LogP contribution in [-0.4, -0.2) is 88.3 Å². The summed E-state index contributed by atoms with van der Waals surface area (Å²) in [5.74, 6) is -7.90. The molecule has 0 aromatic heterocycles. The number of primary amides is 1. The van der Waals surface area contributed by atoms with Gasteiger partial charge in [0.2, 0.25) is 5.78 Å². The molecule has 37 heavy (non-hydrogen) atoms. The molecule has 15 heteroatoms. The molecule has 0 radical (unpaired) electrons. The molecule has 0 spiro atoms. The predicted molar refractivity (Wildman–Crippen MR) is 124 cm³/mol. The van der Waals surface area contributed by atoms with Crippen LogP contribution in [0.15, 0.2) is 35.1 Å². The molecular formula is C22H27N2O12P. The number of carbonyl (C=O) groups is 3. The Morgan fingerprint density at radius 2 is 1.65 bits per heavy atom. The van der Waals surface area contributed by atoms with Gasteiger partial charge in [-0.25, -0.2) is 4.57 Å². The summed E-state index contributed by atoms with van der Waals surface area (Å²) < 4.78 is 8.88. The van der Waals surface area contributed by atoms with Crippen LogP contribution in [-0.2, 0) is 24.5 Å². The zero-order chi connectivity index (χ0) is 28.4. The number of aliphatic hydroxyl groups excluding tert-OH is 2. The molecule has 1 fully saturated rings. The molecule has 0 aliphatic heterocycles. The Bertz CT molecular complexity index is 1300. The zero-order valence-corrected chi connectivity index (χ0v) is 20.7. The van der Waals surface area contributed by atoms with Crippen molar-refractivity contribution in [1.29, 1.82) is 0 Å². The number of Topliss-reactive ketones (excluding diaryl/α,β-unsaturated/α-hetero) is 2. The summed E-state index contributed by atoms with van der Waals surface area (Å²) in [4.78, 5) is 61.6. The van der Waals surface area contributed by atoms with Gasteiger partial charge in [0.1, 0.15) is 22.8 Å². The van der Waals surface area contributed by atoms with Crippen molar-refractivity contribution in [2.45, 2.75) is 30.6 Å². The number of amides is 1. The number of aliphatic hydroxyl groups is 4. The molecule has 0 bridgehead atoms. The first kappa shape index (κ1) is 28.5. The van der Waals surface area contributed by atoms with E-state index in [4.69, 9.17) is 25.0 Å². The van der Waals surface area contributed by atoms with E-state index < -0.39 is 82.8 Å². The van der Waals surface area contributed by atoms with Gasteiger partial charge >= 0.3 is 7.82 Å². The van der Waals surface area contributed by atoms with E-state index in [0.29, 0.717) is 0 Å². The van der Waals surface area contributed by atoms with Crippen molar-refractivity contribution in [3.05, 3.63) is 46.2 Å². The Morgan fingerprint density at radius 3 is 2.14 bits per heavy atom. The van der Waals surface area contributed by atoms with Crippen molar-refractivity contribution in [2.24, 2.45) is 17.6 Å². The average molecular weight is 542 g/mol. The van der Waals surface area contributed by atoms with Crippen molar-refractivity contribution >= 4 is 31.1 Å². The minimum absolute atomic E-state index is 0.170. The normalized spacial score (nSPS) is 31.3. The molecule has 0 heterocycles. The molecule has 1 amide bonds. The van der Waals surface area contributed by atoms with Crippen molar-refractivity contribution in [3.63, 3.8) is 0 Å². The minimum Gasteiger partial charge on any atom is -0.508 e. The number of nitrogens with two attached hydrogens (primary N) is 1. The molecule has 4 rings (SSSR count). The topological polar surface area (TPSA) is 259 Å². The van der Waals surface area contributed by atoms with E-state index >= 15 is 0 Å². The fourth-order valence-electron chi connectivity index (χ4n) is 5.50. The van der Waals surface area contributed by atoms with Crippen molar-refractivity contribution in [2.75, 3.05) is 14.1 Å². The van der Waals surface area contributed by atoms with Crippen LogP contribution < -0.4 is 5.73 Å². The van der Waals surface area contributed by atoms with Gasteiger partial charge in [0.05, 0.1) is 17.2 Å². The molecule has 0 saturated heterocycles. The van der Waals surface area contributed by atoms with Gasteiger partial charge < -0.3 is 45.9 Å². The van der Waals surface area contributed by atoms with Gasteiger partial charge in [-0.1, -0.05) is 12.1 Å². The molecule has 1 saturated carbocycles. The highest BCUT2D eigenvalue weighted by atomic mass is 31.2. The van der Waals surface area contributed by atoms with E-state index in [9.17, 15) is 39.9 Å². The van der Waals surface area contributed by atoms with E-state index in [1.807, 2.05) is 0 Å². The first-order chi connectivity index (χ1) is 16.8. The molecule has 3 aliphatic carbocycles. The number of phosphoric acid groups is 1. The van der Waals surface area contributed by atoms with E-state index in [2.05, 4.69) is 0 Å². The maximum Gasteiger partial charge on any atom is 0.466 e. The Balaban J connectivity index is 0.000000695.